The van der Waals surface area contributed by atoms with Crippen LogP contribution in [0.25, 0.3) is 10.2 Å². The van der Waals surface area contributed by atoms with Crippen LogP contribution in [0.1, 0.15) is 21.5 Å². The number of benzene rings is 2. The van der Waals surface area contributed by atoms with E-state index in [2.05, 4.69) is 4.90 Å². The third-order valence-corrected chi connectivity index (χ3v) is 6.50. The average Bonchev–Trinajstić information content (AvgIpc) is 3.15. The van der Waals surface area contributed by atoms with Gasteiger partial charge in [0.05, 0.1) is 15.8 Å². The van der Waals surface area contributed by atoms with E-state index < -0.39 is 11.7 Å². The summed E-state index contributed by atoms with van der Waals surface area (Å²) < 4.78 is 39.8. The lowest BCUT2D eigenvalue weighted by Gasteiger charge is -2.34. The van der Waals surface area contributed by atoms with E-state index in [1.165, 1.54) is 12.1 Å². The lowest BCUT2D eigenvalue weighted by Crippen LogP contribution is -2.48. The highest BCUT2D eigenvalue weighted by Crippen LogP contribution is 2.34. The number of piperazine rings is 1. The number of carbonyl (C=O) groups excluding carboxylic acids is 1. The van der Waals surface area contributed by atoms with E-state index in [9.17, 15) is 18.0 Å². The number of aryl methyl sites for hydroxylation is 1. The van der Waals surface area contributed by atoms with Gasteiger partial charge in [-0.25, -0.2) is 4.98 Å². The molecule has 0 saturated carbocycles. The van der Waals surface area contributed by atoms with Gasteiger partial charge in [-0.15, -0.1) is 0 Å². The van der Waals surface area contributed by atoms with Crippen LogP contribution in [0.3, 0.4) is 0 Å². The summed E-state index contributed by atoms with van der Waals surface area (Å²) in [5.74, 6) is -0.386. The summed E-state index contributed by atoms with van der Waals surface area (Å²) in [6.45, 7) is 3.91. The van der Waals surface area contributed by atoms with Crippen LogP contribution in [0.15, 0.2) is 36.4 Å². The van der Waals surface area contributed by atoms with Crippen molar-refractivity contribution in [3.8, 4) is 0 Å². The molecule has 0 unspecified atom stereocenters. The number of fused-ring (bicyclic) bond motifs is 1. The second-order valence-electron chi connectivity index (χ2n) is 6.87. The molecule has 29 heavy (non-hydrogen) atoms. The number of rotatable bonds is 2. The van der Waals surface area contributed by atoms with Gasteiger partial charge in [0, 0.05) is 36.8 Å². The standard InChI is InChI=1S/C20H17ClF3N3OS/c1-12-15(21)5-6-16-17(12)25-19(29-16)27-9-7-26(8-10-27)18(28)13-3-2-4-14(11-13)20(22,23)24/h2-6,11H,7-10H2,1H3. The van der Waals surface area contributed by atoms with Crippen molar-refractivity contribution >= 4 is 44.2 Å². The number of thiazole rings is 1. The quantitative estimate of drug-likeness (QED) is 0.548. The maximum Gasteiger partial charge on any atom is 0.416 e. The topological polar surface area (TPSA) is 36.4 Å². The zero-order valence-corrected chi connectivity index (χ0v) is 17.0. The Balaban J connectivity index is 1.47. The second kappa shape index (κ2) is 7.50. The lowest BCUT2D eigenvalue weighted by molar-refractivity contribution is -0.137. The van der Waals surface area contributed by atoms with Crippen molar-refractivity contribution in [2.45, 2.75) is 13.1 Å². The summed E-state index contributed by atoms with van der Waals surface area (Å²) in [5, 5.41) is 1.53. The van der Waals surface area contributed by atoms with Crippen LogP contribution in [0.5, 0.6) is 0 Å². The lowest BCUT2D eigenvalue weighted by atomic mass is 10.1. The van der Waals surface area contributed by atoms with Crippen molar-refractivity contribution in [1.82, 2.24) is 9.88 Å². The highest BCUT2D eigenvalue weighted by atomic mass is 35.5. The predicted molar refractivity (Wildman–Crippen MR) is 109 cm³/mol. The van der Waals surface area contributed by atoms with Crippen LogP contribution >= 0.6 is 22.9 Å². The maximum atomic E-state index is 12.9. The summed E-state index contributed by atoms with van der Waals surface area (Å²) in [6.07, 6.45) is -4.47. The highest BCUT2D eigenvalue weighted by Gasteiger charge is 2.32. The molecule has 1 amide bonds. The molecule has 1 saturated heterocycles. The fourth-order valence-corrected chi connectivity index (χ4v) is 4.57. The van der Waals surface area contributed by atoms with Crippen LogP contribution in [-0.2, 0) is 6.18 Å². The maximum absolute atomic E-state index is 12.9. The summed E-state index contributed by atoms with van der Waals surface area (Å²) in [4.78, 5) is 21.0. The summed E-state index contributed by atoms with van der Waals surface area (Å²) in [5.41, 5.74) is 1.05. The Hall–Kier alpha value is -2.32. The third-order valence-electron chi connectivity index (χ3n) is 5.01. The van der Waals surface area contributed by atoms with Gasteiger partial charge in [-0.1, -0.05) is 29.0 Å². The smallest absolute Gasteiger partial charge is 0.345 e. The van der Waals surface area contributed by atoms with Crippen LogP contribution < -0.4 is 4.90 Å². The molecule has 1 aliphatic heterocycles. The first-order chi connectivity index (χ1) is 13.7. The van der Waals surface area contributed by atoms with Gasteiger partial charge in [0.1, 0.15) is 0 Å². The Kier molecular flexibility index (Phi) is 5.16. The summed E-state index contributed by atoms with van der Waals surface area (Å²) >= 11 is 7.74. The van der Waals surface area contributed by atoms with Crippen LogP contribution in [-0.4, -0.2) is 42.0 Å². The Morgan fingerprint density at radius 3 is 2.55 bits per heavy atom. The van der Waals surface area contributed by atoms with Gasteiger partial charge in [-0.05, 0) is 42.8 Å². The minimum absolute atomic E-state index is 0.0542. The van der Waals surface area contributed by atoms with Gasteiger partial charge < -0.3 is 9.80 Å². The number of hydrogen-bond acceptors (Lipinski definition) is 4. The molecule has 3 aromatic rings. The zero-order valence-electron chi connectivity index (χ0n) is 15.5. The van der Waals surface area contributed by atoms with Gasteiger partial charge in [0.2, 0.25) is 0 Å². The van der Waals surface area contributed by atoms with Gasteiger partial charge in [-0.2, -0.15) is 13.2 Å². The molecule has 1 aromatic heterocycles. The number of hydrogen-bond donors (Lipinski definition) is 0. The minimum Gasteiger partial charge on any atom is -0.345 e. The van der Waals surface area contributed by atoms with Gasteiger partial charge in [0.25, 0.3) is 5.91 Å². The minimum atomic E-state index is -4.47. The van der Waals surface area contributed by atoms with Gasteiger partial charge >= 0.3 is 6.18 Å². The molecular formula is C20H17ClF3N3OS. The Morgan fingerprint density at radius 2 is 1.86 bits per heavy atom. The van der Waals surface area contributed by atoms with Crippen molar-refractivity contribution in [2.24, 2.45) is 0 Å². The first kappa shape index (κ1) is 20.0. The molecule has 1 fully saturated rings. The molecule has 0 spiro atoms. The van der Waals surface area contributed by atoms with Crippen LogP contribution in [0.4, 0.5) is 18.3 Å². The first-order valence-corrected chi connectivity index (χ1v) is 10.2. The van der Waals surface area contributed by atoms with Crippen molar-refractivity contribution in [1.29, 1.82) is 0 Å². The summed E-state index contributed by atoms with van der Waals surface area (Å²) in [6, 6.07) is 8.36. The number of anilines is 1. The molecule has 0 radical (unpaired) electrons. The molecule has 0 aliphatic carbocycles. The fraction of sp³-hybridized carbons (Fsp3) is 0.300. The third kappa shape index (κ3) is 3.91. The van der Waals surface area contributed by atoms with Crippen molar-refractivity contribution in [2.75, 3.05) is 31.1 Å². The molecule has 4 nitrogen and oxygen atoms in total. The summed E-state index contributed by atoms with van der Waals surface area (Å²) in [7, 11) is 0. The van der Waals surface area contributed by atoms with E-state index in [1.807, 2.05) is 19.1 Å². The molecule has 2 heterocycles. The van der Waals surface area contributed by atoms with Gasteiger partial charge in [-0.3, -0.25) is 4.79 Å². The molecule has 152 valence electrons. The van der Waals surface area contributed by atoms with E-state index in [-0.39, 0.29) is 11.5 Å². The molecule has 2 aromatic carbocycles. The van der Waals surface area contributed by atoms with Crippen molar-refractivity contribution in [3.63, 3.8) is 0 Å². The number of aromatic nitrogens is 1. The normalized spacial score (nSPS) is 15.2. The average molecular weight is 440 g/mol. The molecule has 1 aliphatic rings. The SMILES string of the molecule is Cc1c(Cl)ccc2sc(N3CCN(C(=O)c4cccc(C(F)(F)F)c4)CC3)nc12. The van der Waals surface area contributed by atoms with Gasteiger partial charge in [0.15, 0.2) is 5.13 Å². The van der Waals surface area contributed by atoms with E-state index in [0.29, 0.717) is 31.2 Å². The van der Waals surface area contributed by atoms with Crippen molar-refractivity contribution in [3.05, 3.63) is 58.1 Å². The molecule has 0 atom stereocenters. The van der Waals surface area contributed by atoms with E-state index >= 15 is 0 Å². The van der Waals surface area contributed by atoms with Crippen molar-refractivity contribution < 1.29 is 18.0 Å². The largest absolute Gasteiger partial charge is 0.416 e. The molecule has 0 N–H and O–H groups in total. The fourth-order valence-electron chi connectivity index (χ4n) is 3.34. The Labute approximate surface area is 174 Å². The molecule has 4 rings (SSSR count). The molecular weight excluding hydrogens is 423 g/mol. The first-order valence-electron chi connectivity index (χ1n) is 9.01. The highest BCUT2D eigenvalue weighted by molar-refractivity contribution is 7.22. The van der Waals surface area contributed by atoms with Crippen LogP contribution in [0.2, 0.25) is 5.02 Å². The molecule has 9 heteroatoms. The number of alkyl halides is 3. The number of carbonyl (C=O) groups is 1. The number of nitrogens with zero attached hydrogens (tertiary/aromatic N) is 3. The Bertz CT molecular complexity index is 1070. The molecule has 0 bridgehead atoms. The zero-order chi connectivity index (χ0) is 20.8. The van der Waals surface area contributed by atoms with E-state index in [4.69, 9.17) is 16.6 Å². The Morgan fingerprint density at radius 1 is 1.14 bits per heavy atom. The van der Waals surface area contributed by atoms with Crippen LogP contribution in [0, 0.1) is 6.92 Å². The predicted octanol–water partition coefficient (Wildman–Crippen LogP) is 5.24. The number of amides is 1. The second-order valence-corrected chi connectivity index (χ2v) is 8.29. The number of halogens is 4. The van der Waals surface area contributed by atoms with E-state index in [0.717, 1.165) is 33.0 Å². The van der Waals surface area contributed by atoms with E-state index in [1.54, 1.807) is 16.2 Å². The monoisotopic (exact) mass is 439 g/mol.